The zero-order valence-electron chi connectivity index (χ0n) is 16.4. The topological polar surface area (TPSA) is 72.9 Å². The van der Waals surface area contributed by atoms with Gasteiger partial charge in [0.25, 0.3) is 11.1 Å². The fourth-order valence-corrected chi connectivity index (χ4v) is 5.50. The summed E-state index contributed by atoms with van der Waals surface area (Å²) in [4.78, 5) is 37.8. The third kappa shape index (κ3) is 5.71. The van der Waals surface area contributed by atoms with Crippen molar-refractivity contribution in [1.29, 1.82) is 0 Å². The number of hydrogen-bond donors (Lipinski definition) is 0. The average Bonchev–Trinajstić information content (AvgIpc) is 3.00. The van der Waals surface area contributed by atoms with Crippen LogP contribution in [0.15, 0.2) is 50.2 Å². The fourth-order valence-electron chi connectivity index (χ4n) is 2.78. The Morgan fingerprint density at radius 3 is 2.39 bits per heavy atom. The summed E-state index contributed by atoms with van der Waals surface area (Å²) >= 11 is 10.0. The minimum absolute atomic E-state index is 0.229. The van der Waals surface area contributed by atoms with E-state index in [2.05, 4.69) is 59.2 Å². The molecule has 0 saturated carbocycles. The normalized spacial score (nSPS) is 16.0. The molecule has 0 aromatic heterocycles. The number of halogens is 3. The van der Waals surface area contributed by atoms with Gasteiger partial charge < -0.3 is 9.47 Å². The average molecular weight is 681 g/mol. The number of thioether (sulfide) groups is 1. The molecule has 3 rings (SSSR count). The van der Waals surface area contributed by atoms with E-state index >= 15 is 0 Å². The molecule has 1 heterocycles. The molecule has 2 aromatic rings. The lowest BCUT2D eigenvalue weighted by atomic mass is 10.2. The largest absolute Gasteiger partial charge is 0.487 e. The minimum atomic E-state index is -0.987. The maximum Gasteiger partial charge on any atom is 0.328 e. The summed E-state index contributed by atoms with van der Waals surface area (Å²) in [6.45, 7) is 1.86. The van der Waals surface area contributed by atoms with Gasteiger partial charge in [-0.1, -0.05) is 12.1 Å². The Labute approximate surface area is 214 Å². The number of carbonyl (C=O) groups is 3. The molecular weight excluding hydrogens is 665 g/mol. The molecule has 0 bridgehead atoms. The van der Waals surface area contributed by atoms with Crippen LogP contribution in [0.2, 0.25) is 0 Å². The Kier molecular flexibility index (Phi) is 8.22. The van der Waals surface area contributed by atoms with Crippen LogP contribution in [0.25, 0.3) is 6.08 Å². The fraction of sp³-hybridized carbons (Fsp3) is 0.190. The Bertz CT molecular complexity index is 1050. The van der Waals surface area contributed by atoms with Gasteiger partial charge in [0.05, 0.1) is 21.0 Å². The number of nitrogens with zero attached hydrogens (tertiary/aromatic N) is 1. The van der Waals surface area contributed by atoms with E-state index in [4.69, 9.17) is 4.74 Å². The van der Waals surface area contributed by atoms with Gasteiger partial charge in [-0.05, 0) is 115 Å². The second-order valence-electron chi connectivity index (χ2n) is 6.48. The summed E-state index contributed by atoms with van der Waals surface area (Å²) in [5.74, 6) is -0.550. The molecule has 1 atom stereocenters. The highest BCUT2D eigenvalue weighted by molar-refractivity contribution is 14.1. The van der Waals surface area contributed by atoms with E-state index in [1.807, 2.05) is 24.3 Å². The maximum absolute atomic E-state index is 12.7. The predicted octanol–water partition coefficient (Wildman–Crippen LogP) is 5.99. The molecule has 1 aliphatic rings. The van der Waals surface area contributed by atoms with Gasteiger partial charge in [-0.15, -0.1) is 0 Å². The highest BCUT2D eigenvalue weighted by Crippen LogP contribution is 2.38. The van der Waals surface area contributed by atoms with Crippen LogP contribution in [-0.2, 0) is 20.9 Å². The summed E-state index contributed by atoms with van der Waals surface area (Å²) in [6.07, 6.45) is 1.60. The smallest absolute Gasteiger partial charge is 0.328 e. The lowest BCUT2D eigenvalue weighted by Crippen LogP contribution is -2.42. The zero-order valence-corrected chi connectivity index (χ0v) is 22.5. The molecular formula is C21H16Br2INO5S. The first-order valence-electron chi connectivity index (χ1n) is 8.92. The highest BCUT2D eigenvalue weighted by Gasteiger charge is 2.41. The van der Waals surface area contributed by atoms with Gasteiger partial charge in [0.2, 0.25) is 0 Å². The Hall–Kier alpha value is -1.37. The van der Waals surface area contributed by atoms with E-state index < -0.39 is 23.2 Å². The van der Waals surface area contributed by atoms with Crippen molar-refractivity contribution in [2.24, 2.45) is 0 Å². The summed E-state index contributed by atoms with van der Waals surface area (Å²) in [6, 6.07) is 10.6. The van der Waals surface area contributed by atoms with Crippen LogP contribution in [0, 0.1) is 3.57 Å². The van der Waals surface area contributed by atoms with Gasteiger partial charge in [0, 0.05) is 3.57 Å². The molecule has 0 N–H and O–H groups in total. The molecule has 31 heavy (non-hydrogen) atoms. The van der Waals surface area contributed by atoms with Crippen LogP contribution in [0.5, 0.6) is 5.75 Å². The molecule has 2 amide bonds. The van der Waals surface area contributed by atoms with Gasteiger partial charge in [-0.3, -0.25) is 14.5 Å². The molecule has 2 aromatic carbocycles. The molecule has 0 spiro atoms. The third-order valence-corrected chi connectivity index (χ3v) is 7.15. The van der Waals surface area contributed by atoms with E-state index in [9.17, 15) is 14.4 Å². The van der Waals surface area contributed by atoms with Crippen LogP contribution in [0.4, 0.5) is 4.79 Å². The van der Waals surface area contributed by atoms with Crippen molar-refractivity contribution in [3.05, 3.63) is 64.9 Å². The van der Waals surface area contributed by atoms with Gasteiger partial charge in [-0.25, -0.2) is 4.79 Å². The summed E-state index contributed by atoms with van der Waals surface area (Å²) < 4.78 is 13.1. The standard InChI is InChI=1S/C21H16Br2INO5S/c1-11(20(27)29-2)25-19(26)17(31-21(25)28)9-13-7-15(22)18(16(23)8-13)30-10-12-3-5-14(24)6-4-12/h3-9,11H,10H2,1-2H3/b17-9+/t11-/m1/s1. The van der Waals surface area contributed by atoms with Crippen molar-refractivity contribution in [3.8, 4) is 5.75 Å². The van der Waals surface area contributed by atoms with Crippen molar-refractivity contribution >= 4 is 89.4 Å². The minimum Gasteiger partial charge on any atom is -0.487 e. The SMILES string of the molecule is COC(=O)[C@@H](C)N1C(=O)S/C(=C/c2cc(Br)c(OCc3ccc(I)cc3)c(Br)c2)C1=O. The molecule has 162 valence electrons. The molecule has 0 radical (unpaired) electrons. The summed E-state index contributed by atoms with van der Waals surface area (Å²) in [5.41, 5.74) is 1.73. The Balaban J connectivity index is 1.78. The van der Waals surface area contributed by atoms with Gasteiger partial charge >= 0.3 is 5.97 Å². The van der Waals surface area contributed by atoms with E-state index in [0.717, 1.165) is 25.8 Å². The maximum atomic E-state index is 12.7. The van der Waals surface area contributed by atoms with Gasteiger partial charge in [0.1, 0.15) is 18.4 Å². The number of rotatable bonds is 6. The number of methoxy groups -OCH3 is 1. The van der Waals surface area contributed by atoms with Crippen LogP contribution in [0.3, 0.4) is 0 Å². The number of benzene rings is 2. The van der Waals surface area contributed by atoms with E-state index in [0.29, 0.717) is 26.9 Å². The molecule has 1 fully saturated rings. The second kappa shape index (κ2) is 10.5. The van der Waals surface area contributed by atoms with Crippen LogP contribution >= 0.6 is 66.2 Å². The lowest BCUT2D eigenvalue weighted by molar-refractivity contribution is -0.148. The lowest BCUT2D eigenvalue weighted by Gasteiger charge is -2.18. The second-order valence-corrected chi connectivity index (χ2v) is 10.4. The molecule has 1 aliphatic heterocycles. The number of amides is 2. The first-order chi connectivity index (χ1) is 14.7. The van der Waals surface area contributed by atoms with E-state index in [1.165, 1.54) is 14.0 Å². The number of hydrogen-bond acceptors (Lipinski definition) is 6. The predicted molar refractivity (Wildman–Crippen MR) is 135 cm³/mol. The van der Waals surface area contributed by atoms with Crippen molar-refractivity contribution in [3.63, 3.8) is 0 Å². The van der Waals surface area contributed by atoms with Crippen molar-refractivity contribution in [2.75, 3.05) is 7.11 Å². The number of ether oxygens (including phenoxy) is 2. The zero-order chi connectivity index (χ0) is 22.7. The Morgan fingerprint density at radius 2 is 1.81 bits per heavy atom. The molecule has 10 heteroatoms. The van der Waals surface area contributed by atoms with E-state index in [-0.39, 0.29) is 4.91 Å². The summed E-state index contributed by atoms with van der Waals surface area (Å²) in [7, 11) is 1.21. The van der Waals surface area contributed by atoms with E-state index in [1.54, 1.807) is 18.2 Å². The number of imide groups is 1. The van der Waals surface area contributed by atoms with Crippen LogP contribution in [-0.4, -0.2) is 35.2 Å². The highest BCUT2D eigenvalue weighted by atomic mass is 127. The molecule has 6 nitrogen and oxygen atoms in total. The van der Waals surface area contributed by atoms with Crippen LogP contribution < -0.4 is 4.74 Å². The quantitative estimate of drug-likeness (QED) is 0.212. The van der Waals surface area contributed by atoms with Crippen LogP contribution in [0.1, 0.15) is 18.1 Å². The van der Waals surface area contributed by atoms with Gasteiger partial charge in [-0.2, -0.15) is 0 Å². The number of carbonyl (C=O) groups excluding carboxylic acids is 3. The third-order valence-electron chi connectivity index (χ3n) is 4.37. The first-order valence-corrected chi connectivity index (χ1v) is 12.4. The van der Waals surface area contributed by atoms with Gasteiger partial charge in [0.15, 0.2) is 0 Å². The Morgan fingerprint density at radius 1 is 1.19 bits per heavy atom. The first kappa shape index (κ1) is 24.3. The van der Waals surface area contributed by atoms with Crippen molar-refractivity contribution in [2.45, 2.75) is 19.6 Å². The molecule has 0 unspecified atom stereocenters. The summed E-state index contributed by atoms with van der Waals surface area (Å²) in [5, 5.41) is -0.509. The molecule has 0 aliphatic carbocycles. The van der Waals surface area contributed by atoms with Crippen molar-refractivity contribution < 1.29 is 23.9 Å². The molecule has 1 saturated heterocycles. The monoisotopic (exact) mass is 679 g/mol. The van der Waals surface area contributed by atoms with Crippen molar-refractivity contribution in [1.82, 2.24) is 4.90 Å². The number of esters is 1.